The molecule has 0 spiro atoms. The molecule has 0 fully saturated rings. The van der Waals surface area contributed by atoms with E-state index in [1.54, 1.807) is 54.6 Å². The number of sulfone groups is 1. The first-order valence-corrected chi connectivity index (χ1v) is 13.6. The van der Waals surface area contributed by atoms with Crippen molar-refractivity contribution in [1.29, 1.82) is 0 Å². The summed E-state index contributed by atoms with van der Waals surface area (Å²) in [5.74, 6) is 0.443. The van der Waals surface area contributed by atoms with Gasteiger partial charge < -0.3 is 26.0 Å². The van der Waals surface area contributed by atoms with Crippen LogP contribution in [0.1, 0.15) is 10.5 Å². The highest BCUT2D eigenvalue weighted by atomic mass is 32.2. The molecule has 0 atom stereocenters. The standard InChI is InChI=1S/C27H25N7O5S/c1-4-24(35)31-18-6-5-7-19(14-18)32-25-23(40(3,37)38)16-30-27(34-25)33-17-8-10-20(11-9-17)39-21-12-13-29-22(15-21)26(36)28-2/h4-16H,1H2,2-3H3,(H,28,36)(H,31,35)(H2,30,32,33,34). The average molecular weight is 560 g/mol. The van der Waals surface area contributed by atoms with Gasteiger partial charge in [-0.1, -0.05) is 12.6 Å². The van der Waals surface area contributed by atoms with E-state index in [0.29, 0.717) is 28.6 Å². The number of benzene rings is 2. The van der Waals surface area contributed by atoms with Crippen LogP contribution in [0.2, 0.25) is 0 Å². The average Bonchev–Trinajstić information content (AvgIpc) is 2.93. The summed E-state index contributed by atoms with van der Waals surface area (Å²) in [6.07, 6.45) is 4.89. The van der Waals surface area contributed by atoms with Gasteiger partial charge in [0.2, 0.25) is 11.9 Å². The molecule has 4 aromatic rings. The predicted molar refractivity (Wildman–Crippen MR) is 151 cm³/mol. The lowest BCUT2D eigenvalue weighted by Gasteiger charge is -2.13. The van der Waals surface area contributed by atoms with E-state index < -0.39 is 9.84 Å². The summed E-state index contributed by atoms with van der Waals surface area (Å²) < 4.78 is 30.6. The van der Waals surface area contributed by atoms with Gasteiger partial charge in [0.25, 0.3) is 5.91 Å². The molecular weight excluding hydrogens is 534 g/mol. The normalized spacial score (nSPS) is 10.8. The molecule has 0 saturated heterocycles. The number of hydrogen-bond donors (Lipinski definition) is 4. The van der Waals surface area contributed by atoms with E-state index in [4.69, 9.17) is 4.74 Å². The molecular formula is C27H25N7O5S. The highest BCUT2D eigenvalue weighted by Crippen LogP contribution is 2.28. The first-order valence-electron chi connectivity index (χ1n) is 11.8. The minimum Gasteiger partial charge on any atom is -0.457 e. The maximum atomic E-state index is 12.4. The van der Waals surface area contributed by atoms with Gasteiger partial charge in [0.05, 0.1) is 6.20 Å². The largest absolute Gasteiger partial charge is 0.457 e. The number of amides is 2. The zero-order valence-corrected chi connectivity index (χ0v) is 22.3. The molecule has 0 aliphatic rings. The lowest BCUT2D eigenvalue weighted by molar-refractivity contribution is -0.111. The molecule has 0 radical (unpaired) electrons. The van der Waals surface area contributed by atoms with Crippen molar-refractivity contribution in [2.45, 2.75) is 4.90 Å². The van der Waals surface area contributed by atoms with Crippen molar-refractivity contribution >= 4 is 50.5 Å². The quantitative estimate of drug-likeness (QED) is 0.208. The third kappa shape index (κ3) is 7.17. The van der Waals surface area contributed by atoms with E-state index in [1.807, 2.05) is 0 Å². The molecule has 2 aromatic heterocycles. The molecule has 0 aliphatic carbocycles. The van der Waals surface area contributed by atoms with Gasteiger partial charge in [0, 0.05) is 42.6 Å². The number of aromatic nitrogens is 3. The van der Waals surface area contributed by atoms with Crippen molar-refractivity contribution in [3.63, 3.8) is 0 Å². The Labute approximate surface area is 230 Å². The van der Waals surface area contributed by atoms with Crippen LogP contribution in [0.3, 0.4) is 0 Å². The van der Waals surface area contributed by atoms with Crippen LogP contribution in [0.4, 0.5) is 28.8 Å². The molecule has 2 heterocycles. The van der Waals surface area contributed by atoms with E-state index >= 15 is 0 Å². The van der Waals surface area contributed by atoms with Crippen molar-refractivity contribution in [1.82, 2.24) is 20.3 Å². The molecule has 0 aliphatic heterocycles. The van der Waals surface area contributed by atoms with E-state index in [-0.39, 0.29) is 34.2 Å². The molecule has 204 valence electrons. The Kier molecular flexibility index (Phi) is 8.35. The summed E-state index contributed by atoms with van der Waals surface area (Å²) >= 11 is 0. The van der Waals surface area contributed by atoms with Crippen LogP contribution in [0.15, 0.2) is 90.6 Å². The minimum absolute atomic E-state index is 0.0526. The fraction of sp³-hybridized carbons (Fsp3) is 0.0741. The van der Waals surface area contributed by atoms with Crippen LogP contribution in [-0.2, 0) is 14.6 Å². The summed E-state index contributed by atoms with van der Waals surface area (Å²) in [6, 6.07) is 16.7. The summed E-state index contributed by atoms with van der Waals surface area (Å²) in [4.78, 5) is 35.9. The smallest absolute Gasteiger partial charge is 0.269 e. The Morgan fingerprint density at radius 1 is 0.925 bits per heavy atom. The van der Waals surface area contributed by atoms with Gasteiger partial charge in [-0.2, -0.15) is 4.98 Å². The number of pyridine rings is 1. The van der Waals surface area contributed by atoms with E-state index in [0.717, 1.165) is 12.3 Å². The Balaban J connectivity index is 1.52. The van der Waals surface area contributed by atoms with Crippen molar-refractivity contribution in [3.8, 4) is 11.5 Å². The first kappa shape index (κ1) is 27.7. The highest BCUT2D eigenvalue weighted by molar-refractivity contribution is 7.90. The third-order valence-electron chi connectivity index (χ3n) is 5.27. The van der Waals surface area contributed by atoms with Crippen LogP contribution in [0.5, 0.6) is 11.5 Å². The maximum absolute atomic E-state index is 12.4. The SMILES string of the molecule is C=CC(=O)Nc1cccc(Nc2nc(Nc3ccc(Oc4ccnc(C(=O)NC)c4)cc3)ncc2S(C)(=O)=O)c1. The fourth-order valence-electron chi connectivity index (χ4n) is 3.39. The molecule has 40 heavy (non-hydrogen) atoms. The molecule has 0 saturated carbocycles. The molecule has 0 bridgehead atoms. The summed E-state index contributed by atoms with van der Waals surface area (Å²) in [6.45, 7) is 3.42. The Bertz CT molecular complexity index is 1680. The number of carbonyl (C=O) groups excluding carboxylic acids is 2. The topological polar surface area (TPSA) is 164 Å². The monoisotopic (exact) mass is 559 g/mol. The van der Waals surface area contributed by atoms with Gasteiger partial charge in [-0.15, -0.1) is 0 Å². The third-order valence-corrected chi connectivity index (χ3v) is 6.37. The van der Waals surface area contributed by atoms with E-state index in [9.17, 15) is 18.0 Å². The lowest BCUT2D eigenvalue weighted by Crippen LogP contribution is -2.18. The number of carbonyl (C=O) groups is 2. The Hall–Kier alpha value is -5.30. The number of nitrogens with one attached hydrogen (secondary N) is 4. The van der Waals surface area contributed by atoms with Crippen LogP contribution in [-0.4, -0.2) is 48.5 Å². The summed E-state index contributed by atoms with van der Waals surface area (Å²) in [5.41, 5.74) is 1.82. The molecule has 4 rings (SSSR count). The molecule has 12 nitrogen and oxygen atoms in total. The number of rotatable bonds is 10. The highest BCUT2D eigenvalue weighted by Gasteiger charge is 2.17. The van der Waals surface area contributed by atoms with Crippen LogP contribution >= 0.6 is 0 Å². The molecule has 13 heteroatoms. The lowest BCUT2D eigenvalue weighted by atomic mass is 10.2. The number of anilines is 5. The molecule has 2 aromatic carbocycles. The van der Waals surface area contributed by atoms with Gasteiger partial charge in [-0.3, -0.25) is 14.6 Å². The van der Waals surface area contributed by atoms with Crippen molar-refractivity contribution in [3.05, 3.63) is 91.4 Å². The summed E-state index contributed by atoms with van der Waals surface area (Å²) in [7, 11) is -2.15. The number of hydrogen-bond acceptors (Lipinski definition) is 10. The zero-order valence-electron chi connectivity index (χ0n) is 21.5. The first-order chi connectivity index (χ1) is 19.1. The van der Waals surface area contributed by atoms with Crippen LogP contribution < -0.4 is 26.0 Å². The van der Waals surface area contributed by atoms with Crippen LogP contribution in [0, 0.1) is 0 Å². The zero-order chi connectivity index (χ0) is 28.7. The van der Waals surface area contributed by atoms with Crippen molar-refractivity contribution < 1.29 is 22.7 Å². The molecule has 0 unspecified atom stereocenters. The van der Waals surface area contributed by atoms with Gasteiger partial charge >= 0.3 is 0 Å². The van der Waals surface area contributed by atoms with Gasteiger partial charge in [-0.05, 0) is 54.6 Å². The van der Waals surface area contributed by atoms with Crippen LogP contribution in [0.25, 0.3) is 0 Å². The van der Waals surface area contributed by atoms with Gasteiger partial charge in [0.1, 0.15) is 22.1 Å². The second kappa shape index (κ2) is 12.0. The summed E-state index contributed by atoms with van der Waals surface area (Å²) in [5, 5.41) is 11.2. The second-order valence-corrected chi connectivity index (χ2v) is 10.3. The molecule has 4 N–H and O–H groups in total. The Morgan fingerprint density at radius 3 is 2.38 bits per heavy atom. The second-order valence-electron chi connectivity index (χ2n) is 8.29. The van der Waals surface area contributed by atoms with Gasteiger partial charge in [-0.25, -0.2) is 13.4 Å². The van der Waals surface area contributed by atoms with Crippen molar-refractivity contribution in [2.24, 2.45) is 0 Å². The number of ether oxygens (including phenoxy) is 1. The van der Waals surface area contributed by atoms with Crippen molar-refractivity contribution in [2.75, 3.05) is 29.3 Å². The maximum Gasteiger partial charge on any atom is 0.269 e. The molecule has 2 amide bonds. The fourth-order valence-corrected chi connectivity index (χ4v) is 4.09. The van der Waals surface area contributed by atoms with E-state index in [2.05, 4.69) is 42.8 Å². The Morgan fingerprint density at radius 2 is 1.68 bits per heavy atom. The predicted octanol–water partition coefficient (Wildman–Crippen LogP) is 4.04. The van der Waals surface area contributed by atoms with E-state index in [1.165, 1.54) is 25.5 Å². The minimum atomic E-state index is -3.67. The number of nitrogens with zero attached hydrogens (tertiary/aromatic N) is 3. The van der Waals surface area contributed by atoms with Gasteiger partial charge in [0.15, 0.2) is 15.7 Å².